The number of nitrogens with two attached hydrogens (primary N) is 1. The van der Waals surface area contributed by atoms with Crippen molar-refractivity contribution in [1.29, 1.82) is 0 Å². The van der Waals surface area contributed by atoms with Crippen LogP contribution in [-0.4, -0.2) is 23.5 Å². The number of nitrogen functional groups attached to an aromatic ring is 1. The molecule has 0 bridgehead atoms. The zero-order chi connectivity index (χ0) is 11.4. The Balaban J connectivity index is 2.82. The zero-order valence-corrected chi connectivity index (χ0v) is 7.66. The van der Waals surface area contributed by atoms with Crippen LogP contribution in [0.1, 0.15) is 10.4 Å². The smallest absolute Gasteiger partial charge is 0.322 e. The maximum Gasteiger partial charge on any atom is 0.322 e. The average Bonchev–Trinajstić information content (AvgIpc) is 2.18. The third-order valence-electron chi connectivity index (χ3n) is 1.70. The molecule has 0 heterocycles. The lowest BCUT2D eigenvalue weighted by molar-refractivity contribution is -0.135. The molecule has 0 atom stereocenters. The van der Waals surface area contributed by atoms with Gasteiger partial charge in [-0.3, -0.25) is 9.59 Å². The van der Waals surface area contributed by atoms with Gasteiger partial charge in [0, 0.05) is 0 Å². The molecule has 0 aliphatic heterocycles. The molecule has 1 rings (SSSR count). The third kappa shape index (κ3) is 2.67. The highest BCUT2D eigenvalue weighted by Gasteiger charge is 2.12. The molecule has 0 aliphatic carbocycles. The predicted molar refractivity (Wildman–Crippen MR) is 50.8 cm³/mol. The van der Waals surface area contributed by atoms with Gasteiger partial charge < -0.3 is 16.2 Å². The number of carbonyl (C=O) groups excluding carboxylic acids is 1. The van der Waals surface area contributed by atoms with E-state index >= 15 is 0 Å². The third-order valence-corrected chi connectivity index (χ3v) is 1.70. The van der Waals surface area contributed by atoms with E-state index < -0.39 is 24.2 Å². The average molecular weight is 211 g/mol. The molecule has 6 heteroatoms. The number of anilines is 1. The molecule has 15 heavy (non-hydrogen) atoms. The van der Waals surface area contributed by atoms with Crippen molar-refractivity contribution in [3.63, 3.8) is 0 Å². The highest BCUT2D eigenvalue weighted by atomic mass is 18.2. The molecule has 4 N–H and O–H groups in total. The number of aliphatic carboxylic acids is 1. The van der Waals surface area contributed by atoms with Crippen LogP contribution in [0.4, 0.5) is 10.1 Å². The summed E-state index contributed by atoms with van der Waals surface area (Å²) in [5.74, 6) is -2.61. The molecule has 5 nitrogen and oxygen atoms in total. The Kier molecular flexibility index (Phi) is 3.22. The lowest BCUT2D eigenvalue weighted by atomic mass is 10.1. The normalized spacial score (nSPS) is 9.67. The van der Waals surface area contributed by atoms with E-state index in [-0.39, 0.29) is 11.3 Å². The molecular formula is C9H9FN2O3. The molecule has 0 saturated heterocycles. The van der Waals surface area contributed by atoms with Crippen molar-refractivity contribution in [1.82, 2.24) is 5.32 Å². The fraction of sp³-hybridized carbons (Fsp3) is 0.111. The summed E-state index contributed by atoms with van der Waals surface area (Å²) < 4.78 is 12.9. The summed E-state index contributed by atoms with van der Waals surface area (Å²) in [4.78, 5) is 21.5. The molecule has 1 amide bonds. The van der Waals surface area contributed by atoms with Gasteiger partial charge in [0.05, 0.1) is 11.3 Å². The second kappa shape index (κ2) is 4.41. The standard InChI is InChI=1S/C9H9FN2O3/c10-6-3-1-2-5(8(6)11)9(15)12-4-7(13)14/h1-3H,4,11H2,(H,12,15)(H,13,14)/i10-1. The summed E-state index contributed by atoms with van der Waals surface area (Å²) in [5, 5.41) is 10.4. The highest BCUT2D eigenvalue weighted by molar-refractivity contribution is 6.00. The number of carbonyl (C=O) groups is 2. The number of hydrogen-bond donors (Lipinski definition) is 3. The van der Waals surface area contributed by atoms with Gasteiger partial charge in [0.1, 0.15) is 12.4 Å². The van der Waals surface area contributed by atoms with Crippen molar-refractivity contribution in [3.8, 4) is 0 Å². The van der Waals surface area contributed by atoms with Crippen molar-refractivity contribution in [2.75, 3.05) is 12.3 Å². The number of para-hydroxylation sites is 1. The molecular weight excluding hydrogens is 202 g/mol. The molecule has 0 unspecified atom stereocenters. The minimum atomic E-state index is -1.18. The second-order valence-corrected chi connectivity index (χ2v) is 2.78. The minimum Gasteiger partial charge on any atom is -0.480 e. The summed E-state index contributed by atoms with van der Waals surface area (Å²) in [7, 11) is 0. The predicted octanol–water partition coefficient (Wildman–Crippen LogP) is 0.222. The van der Waals surface area contributed by atoms with Crippen LogP contribution in [0.15, 0.2) is 18.2 Å². The first-order valence-corrected chi connectivity index (χ1v) is 4.06. The first-order chi connectivity index (χ1) is 7.02. The molecule has 0 fully saturated rings. The van der Waals surface area contributed by atoms with Crippen LogP contribution >= 0.6 is 0 Å². The van der Waals surface area contributed by atoms with Crippen molar-refractivity contribution in [2.24, 2.45) is 0 Å². The van der Waals surface area contributed by atoms with Gasteiger partial charge in [0.25, 0.3) is 5.91 Å². The Bertz CT molecular complexity index is 406. The lowest BCUT2D eigenvalue weighted by Crippen LogP contribution is -2.29. The monoisotopic (exact) mass is 211 g/mol. The van der Waals surface area contributed by atoms with Gasteiger partial charge >= 0.3 is 5.97 Å². The first kappa shape index (κ1) is 11.0. The fourth-order valence-electron chi connectivity index (χ4n) is 0.986. The van der Waals surface area contributed by atoms with Crippen LogP contribution < -0.4 is 11.1 Å². The summed E-state index contributed by atoms with van der Waals surface area (Å²) in [5.41, 5.74) is 4.94. The lowest BCUT2D eigenvalue weighted by Gasteiger charge is -2.05. The van der Waals surface area contributed by atoms with E-state index in [1.54, 1.807) is 0 Å². The Morgan fingerprint density at radius 2 is 2.13 bits per heavy atom. The molecule has 80 valence electrons. The molecule has 0 aliphatic rings. The van der Waals surface area contributed by atoms with Gasteiger partial charge in [-0.25, -0.2) is 4.39 Å². The Hall–Kier alpha value is -2.11. The van der Waals surface area contributed by atoms with Crippen LogP contribution in [0, 0.1) is 5.82 Å². The number of carboxylic acids is 1. The van der Waals surface area contributed by atoms with Gasteiger partial charge in [0.15, 0.2) is 0 Å². The number of benzene rings is 1. The molecule has 0 saturated carbocycles. The molecule has 1 aromatic carbocycles. The van der Waals surface area contributed by atoms with E-state index in [1.165, 1.54) is 12.1 Å². The van der Waals surface area contributed by atoms with Gasteiger partial charge in [-0.2, -0.15) is 0 Å². The van der Waals surface area contributed by atoms with E-state index in [9.17, 15) is 14.0 Å². The Morgan fingerprint density at radius 1 is 1.47 bits per heavy atom. The number of amides is 1. The summed E-state index contributed by atoms with van der Waals surface area (Å²) in [6.07, 6.45) is 0. The first-order valence-electron chi connectivity index (χ1n) is 4.06. The van der Waals surface area contributed by atoms with Crippen LogP contribution in [0.3, 0.4) is 0 Å². The molecule has 0 aromatic heterocycles. The Morgan fingerprint density at radius 3 is 2.73 bits per heavy atom. The topological polar surface area (TPSA) is 92.4 Å². The van der Waals surface area contributed by atoms with E-state index in [0.29, 0.717) is 0 Å². The van der Waals surface area contributed by atoms with Gasteiger partial charge in [-0.05, 0) is 12.1 Å². The van der Waals surface area contributed by atoms with E-state index in [1.807, 2.05) is 0 Å². The maximum atomic E-state index is 12.9. The molecule has 0 spiro atoms. The summed E-state index contributed by atoms with van der Waals surface area (Å²) >= 11 is 0. The Labute approximate surface area is 84.7 Å². The molecule has 1 aromatic rings. The van der Waals surface area contributed by atoms with Crippen LogP contribution in [-0.2, 0) is 4.79 Å². The van der Waals surface area contributed by atoms with Crippen LogP contribution in [0.5, 0.6) is 0 Å². The maximum absolute atomic E-state index is 12.9. The zero-order valence-electron chi connectivity index (χ0n) is 7.66. The fourth-order valence-corrected chi connectivity index (χ4v) is 0.986. The van der Waals surface area contributed by atoms with E-state index in [4.69, 9.17) is 10.8 Å². The molecule has 0 radical (unpaired) electrons. The van der Waals surface area contributed by atoms with Crippen LogP contribution in [0.2, 0.25) is 0 Å². The summed E-state index contributed by atoms with van der Waals surface area (Å²) in [6.45, 7) is -0.533. The SMILES string of the molecule is Nc1c([18F])cccc1C(=O)NCC(=O)O. The van der Waals surface area contributed by atoms with E-state index in [0.717, 1.165) is 6.07 Å². The number of hydrogen-bond acceptors (Lipinski definition) is 3. The summed E-state index contributed by atoms with van der Waals surface area (Å²) in [6, 6.07) is 3.75. The number of carboxylic acid groups (broad SMARTS) is 1. The largest absolute Gasteiger partial charge is 0.480 e. The number of nitrogens with one attached hydrogen (secondary N) is 1. The minimum absolute atomic E-state index is 0.0729. The van der Waals surface area contributed by atoms with E-state index in [2.05, 4.69) is 5.32 Å². The number of rotatable bonds is 3. The number of halogens is 1. The van der Waals surface area contributed by atoms with Gasteiger partial charge in [-0.15, -0.1) is 0 Å². The van der Waals surface area contributed by atoms with Crippen molar-refractivity contribution in [3.05, 3.63) is 29.6 Å². The second-order valence-electron chi connectivity index (χ2n) is 2.78. The van der Waals surface area contributed by atoms with Gasteiger partial charge in [-0.1, -0.05) is 6.07 Å². The van der Waals surface area contributed by atoms with Crippen molar-refractivity contribution < 1.29 is 19.1 Å². The highest BCUT2D eigenvalue weighted by Crippen LogP contribution is 2.15. The van der Waals surface area contributed by atoms with Crippen LogP contribution in [0.25, 0.3) is 0 Å². The van der Waals surface area contributed by atoms with Gasteiger partial charge in [0.2, 0.25) is 0 Å². The van der Waals surface area contributed by atoms with Crippen molar-refractivity contribution >= 4 is 17.6 Å². The van der Waals surface area contributed by atoms with Crippen molar-refractivity contribution in [2.45, 2.75) is 0 Å². The quantitative estimate of drug-likeness (QED) is 0.623.